The fraction of sp³-hybridized carbons (Fsp3) is 0.526. The molecule has 148 valence electrons. The Bertz CT molecular complexity index is 826. The van der Waals surface area contributed by atoms with Crippen molar-refractivity contribution < 1.29 is 0 Å². The molecular weight excluding hydrogens is 354 g/mol. The molecule has 2 N–H and O–H groups in total. The van der Waals surface area contributed by atoms with Gasteiger partial charge in [0.15, 0.2) is 0 Å². The maximum atomic E-state index is 4.64. The second-order valence-electron chi connectivity index (χ2n) is 7.09. The summed E-state index contributed by atoms with van der Waals surface area (Å²) in [4.78, 5) is 27.3. The Morgan fingerprint density at radius 1 is 1.11 bits per heavy atom. The van der Waals surface area contributed by atoms with E-state index in [0.29, 0.717) is 11.8 Å². The van der Waals surface area contributed by atoms with E-state index >= 15 is 0 Å². The van der Waals surface area contributed by atoms with Gasteiger partial charge in [0.1, 0.15) is 17.5 Å². The van der Waals surface area contributed by atoms with E-state index in [1.807, 2.05) is 18.3 Å². The molecule has 4 rings (SSSR count). The Balaban J connectivity index is 1.50. The lowest BCUT2D eigenvalue weighted by Crippen LogP contribution is -2.45. The number of aryl methyl sites for hydroxylation is 1. The Hall–Kier alpha value is -2.81. The molecule has 0 aromatic carbocycles. The summed E-state index contributed by atoms with van der Waals surface area (Å²) in [5.41, 5.74) is 0.994. The molecule has 28 heavy (non-hydrogen) atoms. The summed E-state index contributed by atoms with van der Waals surface area (Å²) in [5.74, 6) is 3.67. The lowest BCUT2D eigenvalue weighted by molar-refractivity contribution is 0.311. The molecule has 1 fully saturated rings. The molecule has 0 atom stereocenters. The van der Waals surface area contributed by atoms with Gasteiger partial charge in [0.25, 0.3) is 0 Å². The van der Waals surface area contributed by atoms with Crippen LogP contribution in [0.2, 0.25) is 0 Å². The molecule has 0 spiro atoms. The SMILES string of the molecule is CCc1nc(Nc2ccc(C3=NCCCN3)cn2)nc(N2CCN(C)CC2)n1. The third kappa shape index (κ3) is 4.36. The zero-order valence-corrected chi connectivity index (χ0v) is 16.5. The normalized spacial score (nSPS) is 17.8. The third-order valence-corrected chi connectivity index (χ3v) is 4.95. The minimum Gasteiger partial charge on any atom is -0.370 e. The molecular formula is C19H27N9. The summed E-state index contributed by atoms with van der Waals surface area (Å²) in [6.07, 6.45) is 3.66. The average molecular weight is 381 g/mol. The number of pyridine rings is 1. The highest BCUT2D eigenvalue weighted by Gasteiger charge is 2.18. The van der Waals surface area contributed by atoms with Crippen LogP contribution in [0, 0.1) is 0 Å². The van der Waals surface area contributed by atoms with Crippen LogP contribution in [-0.2, 0) is 6.42 Å². The molecule has 9 heteroatoms. The van der Waals surface area contributed by atoms with E-state index in [1.165, 1.54) is 0 Å². The monoisotopic (exact) mass is 381 g/mol. The van der Waals surface area contributed by atoms with Crippen molar-refractivity contribution in [2.45, 2.75) is 19.8 Å². The van der Waals surface area contributed by atoms with Crippen LogP contribution in [0.15, 0.2) is 23.3 Å². The first-order valence-corrected chi connectivity index (χ1v) is 9.91. The van der Waals surface area contributed by atoms with Gasteiger partial charge in [-0.3, -0.25) is 4.99 Å². The van der Waals surface area contributed by atoms with Crippen LogP contribution in [0.5, 0.6) is 0 Å². The van der Waals surface area contributed by atoms with Gasteiger partial charge >= 0.3 is 0 Å². The first-order chi connectivity index (χ1) is 13.7. The number of anilines is 3. The van der Waals surface area contributed by atoms with E-state index in [2.05, 4.69) is 59.3 Å². The quantitative estimate of drug-likeness (QED) is 0.794. The Labute approximate surface area is 165 Å². The highest BCUT2D eigenvalue weighted by molar-refractivity contribution is 5.98. The first-order valence-electron chi connectivity index (χ1n) is 9.91. The van der Waals surface area contributed by atoms with E-state index in [0.717, 1.165) is 75.3 Å². The minimum absolute atomic E-state index is 0.536. The summed E-state index contributed by atoms with van der Waals surface area (Å²) in [7, 11) is 2.14. The van der Waals surface area contributed by atoms with E-state index in [1.54, 1.807) is 0 Å². The summed E-state index contributed by atoms with van der Waals surface area (Å²) in [6, 6.07) is 3.94. The summed E-state index contributed by atoms with van der Waals surface area (Å²) in [5, 5.41) is 6.54. The molecule has 0 unspecified atom stereocenters. The topological polar surface area (TPSA) is 94.5 Å². The molecule has 2 aromatic rings. The molecule has 0 saturated carbocycles. The highest BCUT2D eigenvalue weighted by atomic mass is 15.3. The van der Waals surface area contributed by atoms with Gasteiger partial charge in [-0.05, 0) is 25.6 Å². The number of hydrogen-bond acceptors (Lipinski definition) is 9. The molecule has 0 amide bonds. The van der Waals surface area contributed by atoms with Gasteiger partial charge in [-0.2, -0.15) is 15.0 Å². The van der Waals surface area contributed by atoms with Gasteiger partial charge in [0, 0.05) is 57.4 Å². The van der Waals surface area contributed by atoms with Crippen molar-refractivity contribution in [1.29, 1.82) is 0 Å². The second-order valence-corrected chi connectivity index (χ2v) is 7.09. The van der Waals surface area contributed by atoms with Crippen LogP contribution < -0.4 is 15.5 Å². The Kier molecular flexibility index (Phi) is 5.61. The van der Waals surface area contributed by atoms with Crippen LogP contribution >= 0.6 is 0 Å². The second kappa shape index (κ2) is 8.47. The van der Waals surface area contributed by atoms with Crippen LogP contribution in [0.3, 0.4) is 0 Å². The first kappa shape index (κ1) is 18.5. The average Bonchev–Trinajstić information content (AvgIpc) is 2.75. The van der Waals surface area contributed by atoms with Gasteiger partial charge in [-0.1, -0.05) is 6.92 Å². The van der Waals surface area contributed by atoms with Crippen LogP contribution in [0.1, 0.15) is 24.7 Å². The van der Waals surface area contributed by atoms with Gasteiger partial charge in [0.05, 0.1) is 0 Å². The highest BCUT2D eigenvalue weighted by Crippen LogP contribution is 2.17. The number of rotatable bonds is 5. The Morgan fingerprint density at radius 3 is 2.64 bits per heavy atom. The van der Waals surface area contributed by atoms with E-state index < -0.39 is 0 Å². The van der Waals surface area contributed by atoms with Crippen LogP contribution in [0.4, 0.5) is 17.7 Å². The molecule has 9 nitrogen and oxygen atoms in total. The standard InChI is InChI=1S/C19H27N9/c1-3-15-23-18(26-19(25-15)28-11-9-27(2)10-12-28)24-16-6-5-14(13-22-16)17-20-7-4-8-21-17/h5-6,13H,3-4,7-12H2,1-2H3,(H,20,21)(H,22,23,24,25,26). The number of nitrogens with zero attached hydrogens (tertiary/aromatic N) is 7. The smallest absolute Gasteiger partial charge is 0.233 e. The molecule has 1 saturated heterocycles. The summed E-state index contributed by atoms with van der Waals surface area (Å²) >= 11 is 0. The fourth-order valence-electron chi connectivity index (χ4n) is 3.22. The lowest BCUT2D eigenvalue weighted by atomic mass is 10.2. The van der Waals surface area contributed by atoms with Crippen molar-refractivity contribution in [2.75, 3.05) is 56.5 Å². The maximum absolute atomic E-state index is 4.64. The number of aromatic nitrogens is 4. The number of likely N-dealkylation sites (N-methyl/N-ethyl adjacent to an activating group) is 1. The maximum Gasteiger partial charge on any atom is 0.233 e. The minimum atomic E-state index is 0.536. The third-order valence-electron chi connectivity index (χ3n) is 4.95. The van der Waals surface area contributed by atoms with Crippen molar-refractivity contribution in [3.05, 3.63) is 29.7 Å². The zero-order valence-electron chi connectivity index (χ0n) is 16.5. The van der Waals surface area contributed by atoms with Crippen molar-refractivity contribution >= 4 is 23.6 Å². The molecule has 0 bridgehead atoms. The van der Waals surface area contributed by atoms with Gasteiger partial charge in [-0.25, -0.2) is 4.98 Å². The predicted octanol–water partition coefficient (Wildman–Crippen LogP) is 1.06. The van der Waals surface area contributed by atoms with Gasteiger partial charge in [0.2, 0.25) is 11.9 Å². The van der Waals surface area contributed by atoms with Crippen molar-refractivity contribution in [3.8, 4) is 0 Å². The summed E-state index contributed by atoms with van der Waals surface area (Å²) < 4.78 is 0. The molecule has 2 aliphatic heterocycles. The van der Waals surface area contributed by atoms with Crippen molar-refractivity contribution in [1.82, 2.24) is 30.2 Å². The van der Waals surface area contributed by atoms with Crippen molar-refractivity contribution in [3.63, 3.8) is 0 Å². The van der Waals surface area contributed by atoms with E-state index in [4.69, 9.17) is 0 Å². The van der Waals surface area contributed by atoms with E-state index in [9.17, 15) is 0 Å². The zero-order chi connectivity index (χ0) is 19.3. The molecule has 2 aliphatic rings. The molecule has 4 heterocycles. The Morgan fingerprint density at radius 2 is 1.96 bits per heavy atom. The number of nitrogens with one attached hydrogen (secondary N) is 2. The lowest BCUT2D eigenvalue weighted by Gasteiger charge is -2.32. The van der Waals surface area contributed by atoms with Gasteiger partial charge < -0.3 is 20.4 Å². The number of aliphatic imine (C=N–C) groups is 1. The largest absolute Gasteiger partial charge is 0.370 e. The van der Waals surface area contributed by atoms with Gasteiger partial charge in [-0.15, -0.1) is 0 Å². The number of amidine groups is 1. The predicted molar refractivity (Wildman–Crippen MR) is 110 cm³/mol. The molecule has 0 aliphatic carbocycles. The van der Waals surface area contributed by atoms with Crippen molar-refractivity contribution in [2.24, 2.45) is 4.99 Å². The summed E-state index contributed by atoms with van der Waals surface area (Å²) in [6.45, 7) is 7.74. The number of piperazine rings is 1. The molecule has 2 aromatic heterocycles. The van der Waals surface area contributed by atoms with Crippen LogP contribution in [-0.4, -0.2) is 77.0 Å². The number of hydrogen-bond donors (Lipinski definition) is 2. The molecule has 0 radical (unpaired) electrons. The van der Waals surface area contributed by atoms with E-state index in [-0.39, 0.29) is 0 Å². The van der Waals surface area contributed by atoms with Crippen LogP contribution in [0.25, 0.3) is 0 Å². The fourth-order valence-corrected chi connectivity index (χ4v) is 3.22.